The summed E-state index contributed by atoms with van der Waals surface area (Å²) in [5.74, 6) is -1.92. The molecule has 0 amide bonds. The summed E-state index contributed by atoms with van der Waals surface area (Å²) in [7, 11) is 0. The van der Waals surface area contributed by atoms with E-state index in [1.807, 2.05) is 0 Å². The van der Waals surface area contributed by atoms with Gasteiger partial charge in [0, 0.05) is 11.6 Å². The van der Waals surface area contributed by atoms with Crippen molar-refractivity contribution in [2.75, 3.05) is 5.32 Å². The van der Waals surface area contributed by atoms with Crippen LogP contribution in [0.5, 0.6) is 0 Å². The van der Waals surface area contributed by atoms with Gasteiger partial charge in [-0.1, -0.05) is 35.1 Å². The minimum absolute atomic E-state index is 0.124. The van der Waals surface area contributed by atoms with Gasteiger partial charge >= 0.3 is 11.9 Å². The summed E-state index contributed by atoms with van der Waals surface area (Å²) in [6.45, 7) is 1.60. The maximum Gasteiger partial charge on any atom is 0.347 e. The van der Waals surface area contributed by atoms with E-state index in [1.165, 1.54) is 18.2 Å². The van der Waals surface area contributed by atoms with E-state index in [4.69, 9.17) is 21.8 Å². The maximum absolute atomic E-state index is 11.1. The van der Waals surface area contributed by atoms with Gasteiger partial charge in [0.15, 0.2) is 5.13 Å². The first-order valence-corrected chi connectivity index (χ1v) is 8.39. The zero-order chi connectivity index (χ0) is 18.8. The van der Waals surface area contributed by atoms with E-state index in [0.717, 1.165) is 11.3 Å². The molecule has 3 rings (SSSR count). The average molecular weight is 391 g/mol. The number of halogens is 1. The lowest BCUT2D eigenvalue weighted by Crippen LogP contribution is -1.99. The fraction of sp³-hybridized carbons (Fsp3) is 0.0625. The Bertz CT molecular complexity index is 1000. The Kier molecular flexibility index (Phi) is 4.83. The maximum atomic E-state index is 11.1. The van der Waals surface area contributed by atoms with Gasteiger partial charge in [0.2, 0.25) is 5.95 Å². The molecular formula is C16H11ClN4O4S. The molecule has 0 saturated carbocycles. The Morgan fingerprint density at radius 1 is 1.08 bits per heavy atom. The lowest BCUT2D eigenvalue weighted by atomic mass is 10.1. The lowest BCUT2D eigenvalue weighted by molar-refractivity contribution is 0.0688. The quantitative estimate of drug-likeness (QED) is 0.563. The van der Waals surface area contributed by atoms with Crippen LogP contribution in [0.15, 0.2) is 30.3 Å². The molecule has 10 heteroatoms. The van der Waals surface area contributed by atoms with Crippen LogP contribution in [0.25, 0.3) is 11.3 Å². The minimum atomic E-state index is -1.06. The van der Waals surface area contributed by atoms with E-state index in [0.29, 0.717) is 22.1 Å². The van der Waals surface area contributed by atoms with Gasteiger partial charge in [0.1, 0.15) is 10.0 Å². The summed E-state index contributed by atoms with van der Waals surface area (Å²) in [6, 6.07) is 7.69. The summed E-state index contributed by atoms with van der Waals surface area (Å²) >= 11 is 7.00. The van der Waals surface area contributed by atoms with Gasteiger partial charge in [-0.15, -0.1) is 0 Å². The summed E-state index contributed by atoms with van der Waals surface area (Å²) in [4.78, 5) is 34.7. The number of nitrogens with one attached hydrogen (secondary N) is 1. The van der Waals surface area contributed by atoms with Crippen molar-refractivity contribution in [2.24, 2.45) is 0 Å². The van der Waals surface area contributed by atoms with Crippen molar-refractivity contribution in [2.45, 2.75) is 6.92 Å². The summed E-state index contributed by atoms with van der Waals surface area (Å²) < 4.78 is 0. The molecule has 0 unspecified atom stereocenters. The highest BCUT2D eigenvalue weighted by molar-refractivity contribution is 7.17. The number of hydrogen-bond acceptors (Lipinski definition) is 7. The second kappa shape index (κ2) is 7.06. The third-order valence-corrected chi connectivity index (χ3v) is 4.59. The summed E-state index contributed by atoms with van der Waals surface area (Å²) in [6.07, 6.45) is 0. The van der Waals surface area contributed by atoms with Crippen LogP contribution in [0.1, 0.15) is 25.7 Å². The Morgan fingerprint density at radius 2 is 1.77 bits per heavy atom. The van der Waals surface area contributed by atoms with Gasteiger partial charge in [-0.3, -0.25) is 5.32 Å². The first-order chi connectivity index (χ1) is 12.3. The Morgan fingerprint density at radius 3 is 2.35 bits per heavy atom. The van der Waals surface area contributed by atoms with Crippen molar-refractivity contribution in [3.05, 3.63) is 51.6 Å². The topological polar surface area (TPSA) is 125 Å². The van der Waals surface area contributed by atoms with E-state index in [-0.39, 0.29) is 21.5 Å². The number of anilines is 2. The molecule has 132 valence electrons. The number of aryl methyl sites for hydroxylation is 1. The average Bonchev–Trinajstić information content (AvgIpc) is 2.95. The molecule has 0 atom stereocenters. The summed E-state index contributed by atoms with van der Waals surface area (Å²) in [5.41, 5.74) is 1.68. The molecule has 0 saturated heterocycles. The van der Waals surface area contributed by atoms with Crippen LogP contribution in [-0.4, -0.2) is 37.1 Å². The van der Waals surface area contributed by atoms with Crippen LogP contribution >= 0.6 is 22.9 Å². The molecule has 3 N–H and O–H groups in total. The highest BCUT2D eigenvalue weighted by atomic mass is 35.5. The Hall–Kier alpha value is -3.04. The molecule has 26 heavy (non-hydrogen) atoms. The first-order valence-electron chi connectivity index (χ1n) is 7.19. The van der Waals surface area contributed by atoms with Crippen LogP contribution in [0.2, 0.25) is 5.15 Å². The van der Waals surface area contributed by atoms with Crippen molar-refractivity contribution in [1.82, 2.24) is 15.0 Å². The SMILES string of the molecule is Cc1nc(Nc2nc(Cl)cc(-c3ccc(C(=O)O)cc3)n2)sc1C(=O)O. The Labute approximate surface area is 156 Å². The molecule has 0 bridgehead atoms. The number of benzene rings is 1. The molecule has 1 aromatic carbocycles. The van der Waals surface area contributed by atoms with Gasteiger partial charge in [0.05, 0.1) is 17.0 Å². The molecular weight excluding hydrogens is 380 g/mol. The smallest absolute Gasteiger partial charge is 0.347 e. The number of carbonyl (C=O) groups is 2. The fourth-order valence-electron chi connectivity index (χ4n) is 2.15. The number of rotatable bonds is 5. The van der Waals surface area contributed by atoms with E-state index < -0.39 is 11.9 Å². The number of nitrogens with zero attached hydrogens (tertiary/aromatic N) is 3. The van der Waals surface area contributed by atoms with Crippen LogP contribution < -0.4 is 5.32 Å². The number of carboxylic acids is 2. The molecule has 2 heterocycles. The number of hydrogen-bond donors (Lipinski definition) is 3. The molecule has 0 spiro atoms. The highest BCUT2D eigenvalue weighted by Gasteiger charge is 2.15. The van der Waals surface area contributed by atoms with Crippen molar-refractivity contribution in [1.29, 1.82) is 0 Å². The third-order valence-electron chi connectivity index (χ3n) is 3.33. The first kappa shape index (κ1) is 17.8. The molecule has 8 nitrogen and oxygen atoms in total. The second-order valence-electron chi connectivity index (χ2n) is 5.15. The van der Waals surface area contributed by atoms with Crippen LogP contribution in [-0.2, 0) is 0 Å². The number of carboxylic acid groups (broad SMARTS) is 2. The minimum Gasteiger partial charge on any atom is -0.478 e. The van der Waals surface area contributed by atoms with Crippen LogP contribution in [0.4, 0.5) is 11.1 Å². The monoisotopic (exact) mass is 390 g/mol. The number of thiazole rings is 1. The van der Waals surface area contributed by atoms with Crippen LogP contribution in [0.3, 0.4) is 0 Å². The second-order valence-corrected chi connectivity index (χ2v) is 6.53. The van der Waals surface area contributed by atoms with Crippen molar-refractivity contribution >= 4 is 46.0 Å². The van der Waals surface area contributed by atoms with Gasteiger partial charge < -0.3 is 10.2 Å². The largest absolute Gasteiger partial charge is 0.478 e. The molecule has 3 aromatic rings. The zero-order valence-corrected chi connectivity index (χ0v) is 14.8. The lowest BCUT2D eigenvalue weighted by Gasteiger charge is -2.06. The van der Waals surface area contributed by atoms with Gasteiger partial charge in [-0.25, -0.2) is 24.5 Å². The molecule has 0 aliphatic carbocycles. The fourth-order valence-corrected chi connectivity index (χ4v) is 3.13. The number of aromatic nitrogens is 3. The molecule has 0 radical (unpaired) electrons. The Balaban J connectivity index is 1.91. The third kappa shape index (κ3) is 3.79. The highest BCUT2D eigenvalue weighted by Crippen LogP contribution is 2.27. The number of aromatic carboxylic acids is 2. The van der Waals surface area contributed by atoms with E-state index in [2.05, 4.69) is 20.3 Å². The normalized spacial score (nSPS) is 10.5. The van der Waals surface area contributed by atoms with Crippen molar-refractivity contribution in [3.8, 4) is 11.3 Å². The standard InChI is InChI=1S/C16H11ClN4O4S/c1-7-12(14(24)25)26-16(18-7)21-15-19-10(6-11(17)20-15)8-2-4-9(5-3-8)13(22)23/h2-6H,1H3,(H,22,23)(H,24,25)(H,18,19,20,21). The predicted molar refractivity (Wildman–Crippen MR) is 96.5 cm³/mol. The van der Waals surface area contributed by atoms with Crippen molar-refractivity contribution in [3.63, 3.8) is 0 Å². The van der Waals surface area contributed by atoms with Gasteiger partial charge in [0.25, 0.3) is 0 Å². The van der Waals surface area contributed by atoms with Gasteiger partial charge in [-0.05, 0) is 19.1 Å². The van der Waals surface area contributed by atoms with E-state index in [9.17, 15) is 9.59 Å². The molecule has 0 fully saturated rings. The molecule has 2 aromatic heterocycles. The summed E-state index contributed by atoms with van der Waals surface area (Å²) in [5, 5.41) is 21.4. The zero-order valence-electron chi connectivity index (χ0n) is 13.2. The molecule has 0 aliphatic rings. The molecule has 0 aliphatic heterocycles. The van der Waals surface area contributed by atoms with Crippen molar-refractivity contribution < 1.29 is 19.8 Å². The predicted octanol–water partition coefficient (Wildman–Crippen LogP) is 3.70. The van der Waals surface area contributed by atoms with E-state index in [1.54, 1.807) is 19.1 Å². The van der Waals surface area contributed by atoms with Gasteiger partial charge in [-0.2, -0.15) is 0 Å². The van der Waals surface area contributed by atoms with E-state index >= 15 is 0 Å². The van der Waals surface area contributed by atoms with Crippen LogP contribution in [0, 0.1) is 6.92 Å².